The zero-order valence-electron chi connectivity index (χ0n) is 10.7. The van der Waals surface area contributed by atoms with E-state index in [0.29, 0.717) is 0 Å². The van der Waals surface area contributed by atoms with Gasteiger partial charge in [0.15, 0.2) is 0 Å². The minimum Gasteiger partial charge on any atom is -0.435 e. The van der Waals surface area contributed by atoms with Gasteiger partial charge in [0.1, 0.15) is 5.75 Å². The van der Waals surface area contributed by atoms with E-state index in [0.717, 1.165) is 24.1 Å². The summed E-state index contributed by atoms with van der Waals surface area (Å²) in [4.78, 5) is 0. The van der Waals surface area contributed by atoms with Crippen LogP contribution in [-0.4, -0.2) is 13.2 Å². The van der Waals surface area contributed by atoms with Crippen LogP contribution in [0.4, 0.5) is 8.78 Å². The maximum Gasteiger partial charge on any atom is 0.387 e. The van der Waals surface area contributed by atoms with Gasteiger partial charge >= 0.3 is 6.61 Å². The van der Waals surface area contributed by atoms with Crippen molar-refractivity contribution in [3.8, 4) is 5.75 Å². The highest BCUT2D eigenvalue weighted by Gasteiger charge is 2.11. The first-order chi connectivity index (χ1) is 8.52. The normalized spacial score (nSPS) is 12.5. The zero-order chi connectivity index (χ0) is 13.5. The van der Waals surface area contributed by atoms with Gasteiger partial charge in [-0.05, 0) is 37.6 Å². The summed E-state index contributed by atoms with van der Waals surface area (Å²) in [5, 5.41) is 3.34. The Balaban J connectivity index is 2.76. The minimum absolute atomic E-state index is 0.160. The lowest BCUT2D eigenvalue weighted by atomic mass is 10.0. The molecule has 4 heteroatoms. The summed E-state index contributed by atoms with van der Waals surface area (Å²) >= 11 is 0. The molecule has 0 saturated heterocycles. The fourth-order valence-corrected chi connectivity index (χ4v) is 1.78. The molecule has 1 rings (SSSR count). The van der Waals surface area contributed by atoms with Crippen LogP contribution in [0.2, 0.25) is 0 Å². The summed E-state index contributed by atoms with van der Waals surface area (Å²) in [6.45, 7) is 5.95. The van der Waals surface area contributed by atoms with E-state index in [1.807, 2.05) is 13.8 Å². The summed E-state index contributed by atoms with van der Waals surface area (Å²) in [6, 6.07) is 6.88. The molecule has 1 aromatic rings. The smallest absolute Gasteiger partial charge is 0.387 e. The SMILES string of the molecule is C=C(C)CC(NCC)c1ccc(OC(F)F)cc1. The van der Waals surface area contributed by atoms with Gasteiger partial charge in [-0.3, -0.25) is 0 Å². The average molecular weight is 255 g/mol. The monoisotopic (exact) mass is 255 g/mol. The number of nitrogens with one attached hydrogen (secondary N) is 1. The molecule has 0 aliphatic carbocycles. The predicted molar refractivity (Wildman–Crippen MR) is 68.9 cm³/mol. The Labute approximate surface area is 107 Å². The number of hydrogen-bond acceptors (Lipinski definition) is 2. The van der Waals surface area contributed by atoms with E-state index in [9.17, 15) is 8.78 Å². The largest absolute Gasteiger partial charge is 0.435 e. The molecule has 100 valence electrons. The van der Waals surface area contributed by atoms with Gasteiger partial charge in [0.25, 0.3) is 0 Å². The number of halogens is 2. The molecular weight excluding hydrogens is 236 g/mol. The van der Waals surface area contributed by atoms with Gasteiger partial charge < -0.3 is 10.1 Å². The molecule has 0 aliphatic heterocycles. The lowest BCUT2D eigenvalue weighted by Crippen LogP contribution is -2.21. The predicted octanol–water partition coefficient (Wildman–Crippen LogP) is 3.90. The quantitative estimate of drug-likeness (QED) is 0.746. The van der Waals surface area contributed by atoms with E-state index in [-0.39, 0.29) is 11.8 Å². The van der Waals surface area contributed by atoms with Crippen molar-refractivity contribution in [1.29, 1.82) is 0 Å². The summed E-state index contributed by atoms with van der Waals surface area (Å²) in [6.07, 6.45) is 0.822. The van der Waals surface area contributed by atoms with Crippen molar-refractivity contribution in [2.75, 3.05) is 6.54 Å². The maximum atomic E-state index is 12.0. The average Bonchev–Trinajstić information content (AvgIpc) is 2.28. The van der Waals surface area contributed by atoms with Crippen LogP contribution in [0.5, 0.6) is 5.75 Å². The summed E-state index contributed by atoms with van der Waals surface area (Å²) in [5.41, 5.74) is 2.12. The number of alkyl halides is 2. The van der Waals surface area contributed by atoms with Crippen molar-refractivity contribution in [1.82, 2.24) is 5.32 Å². The van der Waals surface area contributed by atoms with Crippen molar-refractivity contribution in [2.45, 2.75) is 32.9 Å². The fraction of sp³-hybridized carbons (Fsp3) is 0.429. The molecule has 2 nitrogen and oxygen atoms in total. The molecule has 0 amide bonds. The van der Waals surface area contributed by atoms with Gasteiger partial charge in [-0.25, -0.2) is 0 Å². The van der Waals surface area contributed by atoms with Crippen molar-refractivity contribution in [3.05, 3.63) is 42.0 Å². The van der Waals surface area contributed by atoms with E-state index >= 15 is 0 Å². The van der Waals surface area contributed by atoms with Gasteiger partial charge in [-0.1, -0.05) is 24.6 Å². The highest BCUT2D eigenvalue weighted by molar-refractivity contribution is 5.29. The van der Waals surface area contributed by atoms with E-state index in [1.165, 1.54) is 0 Å². The topological polar surface area (TPSA) is 21.3 Å². The second-order valence-electron chi connectivity index (χ2n) is 4.22. The number of hydrogen-bond donors (Lipinski definition) is 1. The van der Waals surface area contributed by atoms with Crippen LogP contribution >= 0.6 is 0 Å². The molecule has 0 aliphatic rings. The second kappa shape index (κ2) is 7.11. The van der Waals surface area contributed by atoms with E-state index in [2.05, 4.69) is 16.6 Å². The highest BCUT2D eigenvalue weighted by atomic mass is 19.3. The van der Waals surface area contributed by atoms with Gasteiger partial charge in [-0.2, -0.15) is 8.78 Å². The lowest BCUT2D eigenvalue weighted by molar-refractivity contribution is -0.0498. The Morgan fingerprint density at radius 2 is 1.94 bits per heavy atom. The van der Waals surface area contributed by atoms with Crippen LogP contribution in [0.15, 0.2) is 36.4 Å². The standard InChI is InChI=1S/C14H19F2NO/c1-4-17-13(9-10(2)3)11-5-7-12(8-6-11)18-14(15)16/h5-8,13-14,17H,2,4,9H2,1,3H3. The summed E-state index contributed by atoms with van der Waals surface area (Å²) < 4.78 is 28.4. The highest BCUT2D eigenvalue weighted by Crippen LogP contribution is 2.23. The lowest BCUT2D eigenvalue weighted by Gasteiger charge is -2.18. The molecule has 1 unspecified atom stereocenters. The Bertz CT molecular complexity index is 376. The first-order valence-electron chi connectivity index (χ1n) is 5.95. The zero-order valence-corrected chi connectivity index (χ0v) is 10.7. The Morgan fingerprint density at radius 1 is 1.33 bits per heavy atom. The van der Waals surface area contributed by atoms with Gasteiger partial charge in [0.05, 0.1) is 0 Å². The Kier molecular flexibility index (Phi) is 5.78. The molecule has 1 aromatic carbocycles. The number of rotatable bonds is 7. The van der Waals surface area contributed by atoms with Crippen LogP contribution in [0, 0.1) is 0 Å². The molecule has 0 fully saturated rings. The first-order valence-corrected chi connectivity index (χ1v) is 5.95. The molecule has 1 N–H and O–H groups in total. The maximum absolute atomic E-state index is 12.0. The van der Waals surface area contributed by atoms with E-state index < -0.39 is 6.61 Å². The van der Waals surface area contributed by atoms with E-state index in [1.54, 1.807) is 24.3 Å². The Hall–Kier alpha value is -1.42. The van der Waals surface area contributed by atoms with E-state index in [4.69, 9.17) is 0 Å². The van der Waals surface area contributed by atoms with Crippen LogP contribution < -0.4 is 10.1 Å². The first kappa shape index (κ1) is 14.6. The van der Waals surface area contributed by atoms with Crippen molar-refractivity contribution < 1.29 is 13.5 Å². The van der Waals surface area contributed by atoms with Crippen molar-refractivity contribution in [2.24, 2.45) is 0 Å². The van der Waals surface area contributed by atoms with Gasteiger partial charge in [-0.15, -0.1) is 6.58 Å². The third-order valence-corrected chi connectivity index (χ3v) is 2.51. The van der Waals surface area contributed by atoms with Crippen LogP contribution in [-0.2, 0) is 0 Å². The molecule has 0 spiro atoms. The number of ether oxygens (including phenoxy) is 1. The molecule has 0 aromatic heterocycles. The van der Waals surface area contributed by atoms with Crippen LogP contribution in [0.3, 0.4) is 0 Å². The molecule has 0 heterocycles. The Morgan fingerprint density at radius 3 is 2.39 bits per heavy atom. The van der Waals surface area contributed by atoms with Crippen LogP contribution in [0.1, 0.15) is 31.9 Å². The molecule has 1 atom stereocenters. The summed E-state index contributed by atoms with van der Waals surface area (Å²) in [5.74, 6) is 0.180. The second-order valence-corrected chi connectivity index (χ2v) is 4.22. The fourth-order valence-electron chi connectivity index (χ4n) is 1.78. The number of benzene rings is 1. The van der Waals surface area contributed by atoms with Gasteiger partial charge in [0.2, 0.25) is 0 Å². The molecular formula is C14H19F2NO. The molecule has 0 radical (unpaired) electrons. The third kappa shape index (κ3) is 4.84. The third-order valence-electron chi connectivity index (χ3n) is 2.51. The molecule has 18 heavy (non-hydrogen) atoms. The minimum atomic E-state index is -2.78. The van der Waals surface area contributed by atoms with Crippen molar-refractivity contribution in [3.63, 3.8) is 0 Å². The molecule has 0 bridgehead atoms. The van der Waals surface area contributed by atoms with Gasteiger partial charge in [0, 0.05) is 6.04 Å². The van der Waals surface area contributed by atoms with Crippen molar-refractivity contribution >= 4 is 0 Å². The molecule has 0 saturated carbocycles. The summed E-state index contributed by atoms with van der Waals surface area (Å²) in [7, 11) is 0. The van der Waals surface area contributed by atoms with Crippen LogP contribution in [0.25, 0.3) is 0 Å².